The van der Waals surface area contributed by atoms with Gasteiger partial charge in [-0.2, -0.15) is 0 Å². The van der Waals surface area contributed by atoms with Gasteiger partial charge < -0.3 is 5.32 Å². The highest BCUT2D eigenvalue weighted by Gasteiger charge is 2.13. The molecule has 100 valence electrons. The third-order valence-electron chi connectivity index (χ3n) is 3.05. The molecule has 17 heavy (non-hydrogen) atoms. The predicted octanol–water partition coefficient (Wildman–Crippen LogP) is 4.21. The van der Waals surface area contributed by atoms with Crippen LogP contribution in [0.15, 0.2) is 12.3 Å². The van der Waals surface area contributed by atoms with Gasteiger partial charge in [0, 0.05) is 5.70 Å². The molecule has 0 spiro atoms. The summed E-state index contributed by atoms with van der Waals surface area (Å²) >= 11 is 0. The van der Waals surface area contributed by atoms with Gasteiger partial charge in [-0.1, -0.05) is 52.5 Å². The van der Waals surface area contributed by atoms with Gasteiger partial charge in [-0.3, -0.25) is 4.79 Å². The molecule has 0 bridgehead atoms. The maximum atomic E-state index is 11.5. The van der Waals surface area contributed by atoms with Crippen molar-refractivity contribution in [3.05, 3.63) is 12.3 Å². The standard InChI is InChI=1S/C15H29NO/c1-5-7-9-11-13(3)16-15(14(4)17)12-10-8-6-2/h15-16H,3,5-12H2,1-2,4H3. The average Bonchev–Trinajstić information content (AvgIpc) is 2.28. The highest BCUT2D eigenvalue weighted by Crippen LogP contribution is 2.09. The lowest BCUT2D eigenvalue weighted by molar-refractivity contribution is -0.119. The second-order valence-electron chi connectivity index (χ2n) is 4.86. The quantitative estimate of drug-likeness (QED) is 0.547. The van der Waals surface area contributed by atoms with Crippen LogP contribution in [-0.4, -0.2) is 11.8 Å². The van der Waals surface area contributed by atoms with E-state index in [9.17, 15) is 4.79 Å². The van der Waals surface area contributed by atoms with E-state index in [-0.39, 0.29) is 11.8 Å². The van der Waals surface area contributed by atoms with Gasteiger partial charge in [-0.15, -0.1) is 0 Å². The van der Waals surface area contributed by atoms with Gasteiger partial charge in [-0.05, 0) is 26.2 Å². The molecule has 0 aliphatic carbocycles. The zero-order valence-corrected chi connectivity index (χ0v) is 11.8. The summed E-state index contributed by atoms with van der Waals surface area (Å²) < 4.78 is 0. The Kier molecular flexibility index (Phi) is 9.89. The summed E-state index contributed by atoms with van der Waals surface area (Å²) in [5.74, 6) is 0.234. The molecule has 1 unspecified atom stereocenters. The van der Waals surface area contributed by atoms with Crippen molar-refractivity contribution in [1.82, 2.24) is 5.32 Å². The summed E-state index contributed by atoms with van der Waals surface area (Å²) in [6.07, 6.45) is 9.08. The van der Waals surface area contributed by atoms with E-state index < -0.39 is 0 Å². The van der Waals surface area contributed by atoms with Crippen LogP contribution in [0.3, 0.4) is 0 Å². The largest absolute Gasteiger partial charge is 0.379 e. The fraction of sp³-hybridized carbons (Fsp3) is 0.800. The van der Waals surface area contributed by atoms with E-state index in [1.807, 2.05) is 0 Å². The maximum Gasteiger partial charge on any atom is 0.151 e. The first-order valence-corrected chi connectivity index (χ1v) is 7.06. The molecule has 1 N–H and O–H groups in total. The molecule has 0 aliphatic rings. The van der Waals surface area contributed by atoms with Gasteiger partial charge in [-0.25, -0.2) is 0 Å². The Bertz CT molecular complexity index is 223. The normalized spacial score (nSPS) is 12.2. The van der Waals surface area contributed by atoms with Crippen LogP contribution in [0.5, 0.6) is 0 Å². The van der Waals surface area contributed by atoms with E-state index in [4.69, 9.17) is 0 Å². The third-order valence-corrected chi connectivity index (χ3v) is 3.05. The Morgan fingerprint density at radius 1 is 1.12 bits per heavy atom. The van der Waals surface area contributed by atoms with Crippen LogP contribution in [0.25, 0.3) is 0 Å². The van der Waals surface area contributed by atoms with Gasteiger partial charge in [0.2, 0.25) is 0 Å². The van der Waals surface area contributed by atoms with Crippen LogP contribution >= 0.6 is 0 Å². The Morgan fingerprint density at radius 3 is 2.24 bits per heavy atom. The Labute approximate surface area is 107 Å². The van der Waals surface area contributed by atoms with Crippen molar-refractivity contribution >= 4 is 5.78 Å². The monoisotopic (exact) mass is 239 g/mol. The Morgan fingerprint density at radius 2 is 1.71 bits per heavy atom. The first-order valence-electron chi connectivity index (χ1n) is 7.06. The zero-order valence-electron chi connectivity index (χ0n) is 11.8. The van der Waals surface area contributed by atoms with Crippen molar-refractivity contribution in [2.75, 3.05) is 0 Å². The molecule has 0 aromatic carbocycles. The second-order valence-corrected chi connectivity index (χ2v) is 4.86. The molecular formula is C15H29NO. The predicted molar refractivity (Wildman–Crippen MR) is 75.0 cm³/mol. The molecule has 0 aromatic rings. The van der Waals surface area contributed by atoms with Crippen LogP contribution < -0.4 is 5.32 Å². The molecule has 0 radical (unpaired) electrons. The summed E-state index contributed by atoms with van der Waals surface area (Å²) in [6, 6.07) is -0.0179. The third kappa shape index (κ3) is 8.96. The first kappa shape index (κ1) is 16.2. The number of carbonyl (C=O) groups excluding carboxylic acids is 1. The van der Waals surface area contributed by atoms with E-state index in [2.05, 4.69) is 25.7 Å². The molecule has 0 heterocycles. The molecule has 0 saturated heterocycles. The SMILES string of the molecule is C=C(CCCCC)NC(CCCCC)C(C)=O. The highest BCUT2D eigenvalue weighted by atomic mass is 16.1. The fourth-order valence-electron chi connectivity index (χ4n) is 1.88. The minimum absolute atomic E-state index is 0.0179. The summed E-state index contributed by atoms with van der Waals surface area (Å²) in [4.78, 5) is 11.5. The molecule has 0 aromatic heterocycles. The number of hydrogen-bond donors (Lipinski definition) is 1. The first-order chi connectivity index (χ1) is 8.11. The smallest absolute Gasteiger partial charge is 0.151 e. The van der Waals surface area contributed by atoms with E-state index >= 15 is 0 Å². The van der Waals surface area contributed by atoms with E-state index in [1.165, 1.54) is 32.1 Å². The molecular weight excluding hydrogens is 210 g/mol. The number of nitrogens with one attached hydrogen (secondary N) is 1. The van der Waals surface area contributed by atoms with Gasteiger partial charge in [0.25, 0.3) is 0 Å². The van der Waals surface area contributed by atoms with Crippen molar-refractivity contribution < 1.29 is 4.79 Å². The molecule has 2 heteroatoms. The number of allylic oxidation sites excluding steroid dienone is 1. The Balaban J connectivity index is 3.89. The number of unbranched alkanes of at least 4 members (excludes halogenated alkanes) is 4. The van der Waals surface area contributed by atoms with E-state index in [1.54, 1.807) is 6.92 Å². The highest BCUT2D eigenvalue weighted by molar-refractivity contribution is 5.81. The molecule has 0 aliphatic heterocycles. The summed E-state index contributed by atoms with van der Waals surface area (Å²) in [6.45, 7) is 10.1. The number of ketones is 1. The fourth-order valence-corrected chi connectivity index (χ4v) is 1.88. The van der Waals surface area contributed by atoms with Gasteiger partial charge in [0.1, 0.15) is 0 Å². The van der Waals surface area contributed by atoms with E-state index in [0.717, 1.165) is 25.0 Å². The number of Topliss-reactive ketones (excluding diaryl/α,β-unsaturated/α-hetero) is 1. The molecule has 0 saturated carbocycles. The van der Waals surface area contributed by atoms with Crippen LogP contribution in [0.1, 0.15) is 72.1 Å². The van der Waals surface area contributed by atoms with Crippen LogP contribution in [-0.2, 0) is 4.79 Å². The zero-order chi connectivity index (χ0) is 13.1. The van der Waals surface area contributed by atoms with E-state index in [0.29, 0.717) is 0 Å². The molecule has 0 fully saturated rings. The molecule has 1 atom stereocenters. The van der Waals surface area contributed by atoms with Gasteiger partial charge >= 0.3 is 0 Å². The summed E-state index contributed by atoms with van der Waals surface area (Å²) in [7, 11) is 0. The summed E-state index contributed by atoms with van der Waals surface area (Å²) in [5.41, 5.74) is 1.02. The summed E-state index contributed by atoms with van der Waals surface area (Å²) in [5, 5.41) is 3.29. The average molecular weight is 239 g/mol. The number of hydrogen-bond acceptors (Lipinski definition) is 2. The second kappa shape index (κ2) is 10.4. The minimum atomic E-state index is -0.0179. The van der Waals surface area contributed by atoms with Crippen molar-refractivity contribution in [3.8, 4) is 0 Å². The van der Waals surface area contributed by atoms with Gasteiger partial charge in [0.15, 0.2) is 5.78 Å². The van der Waals surface area contributed by atoms with Crippen molar-refractivity contribution in [3.63, 3.8) is 0 Å². The van der Waals surface area contributed by atoms with Gasteiger partial charge in [0.05, 0.1) is 6.04 Å². The maximum absolute atomic E-state index is 11.5. The number of rotatable bonds is 11. The molecule has 2 nitrogen and oxygen atoms in total. The Hall–Kier alpha value is -0.790. The van der Waals surface area contributed by atoms with Crippen molar-refractivity contribution in [2.45, 2.75) is 78.2 Å². The minimum Gasteiger partial charge on any atom is -0.379 e. The lowest BCUT2D eigenvalue weighted by atomic mass is 10.0. The van der Waals surface area contributed by atoms with Crippen LogP contribution in [0.4, 0.5) is 0 Å². The molecule has 0 rings (SSSR count). The van der Waals surface area contributed by atoms with Crippen LogP contribution in [0, 0.1) is 0 Å². The number of carbonyl (C=O) groups is 1. The topological polar surface area (TPSA) is 29.1 Å². The lowest BCUT2D eigenvalue weighted by Crippen LogP contribution is -2.34. The van der Waals surface area contributed by atoms with Crippen molar-refractivity contribution in [1.29, 1.82) is 0 Å². The lowest BCUT2D eigenvalue weighted by Gasteiger charge is -2.18. The molecule has 0 amide bonds. The van der Waals surface area contributed by atoms with Crippen LogP contribution in [0.2, 0.25) is 0 Å². The van der Waals surface area contributed by atoms with Crippen molar-refractivity contribution in [2.24, 2.45) is 0 Å².